The molecule has 2 aromatic heterocycles. The highest BCUT2D eigenvalue weighted by Gasteiger charge is 2.26. The second-order valence-electron chi connectivity index (χ2n) is 7.46. The van der Waals surface area contributed by atoms with E-state index in [2.05, 4.69) is 18.3 Å². The van der Waals surface area contributed by atoms with Gasteiger partial charge in [0, 0.05) is 24.0 Å². The summed E-state index contributed by atoms with van der Waals surface area (Å²) < 4.78 is 4.99. The number of nitrogens with zero attached hydrogens (tertiary/aromatic N) is 1. The maximum atomic E-state index is 12.6. The number of likely N-dealkylation sites (tertiary alicyclic amines) is 1. The zero-order chi connectivity index (χ0) is 18.1. The maximum Gasteiger partial charge on any atom is 0.261 e. The van der Waals surface area contributed by atoms with Crippen LogP contribution >= 0.6 is 11.3 Å². The second-order valence-corrected chi connectivity index (χ2v) is 8.60. The number of piperidine rings is 1. The third-order valence-corrected chi connectivity index (χ3v) is 6.67. The van der Waals surface area contributed by atoms with Crippen molar-refractivity contribution in [2.45, 2.75) is 45.1 Å². The first-order chi connectivity index (χ1) is 12.6. The molecule has 0 spiro atoms. The number of hydrogen-bond acceptors (Lipinski definition) is 4. The number of aryl methyl sites for hydroxylation is 1. The van der Waals surface area contributed by atoms with Crippen molar-refractivity contribution in [3.63, 3.8) is 0 Å². The predicted molar refractivity (Wildman–Crippen MR) is 101 cm³/mol. The molecule has 26 heavy (non-hydrogen) atoms. The number of thiophene rings is 1. The van der Waals surface area contributed by atoms with E-state index in [1.54, 1.807) is 17.4 Å². The molecular formula is C20H24N2O3S. The SMILES string of the molecule is CC1CCc2sc(C(=O)NC3CCN(C(=O)c4ccoc4)CC3)cc2C1. The van der Waals surface area contributed by atoms with Crippen LogP contribution in [0.2, 0.25) is 0 Å². The first kappa shape index (κ1) is 17.3. The molecule has 6 heteroatoms. The number of amides is 2. The second kappa shape index (κ2) is 7.27. The van der Waals surface area contributed by atoms with E-state index in [0.29, 0.717) is 24.6 Å². The summed E-state index contributed by atoms with van der Waals surface area (Å²) in [6, 6.07) is 3.91. The molecule has 0 aromatic carbocycles. The summed E-state index contributed by atoms with van der Waals surface area (Å²) in [6.45, 7) is 3.60. The van der Waals surface area contributed by atoms with Crippen LogP contribution in [0.1, 0.15) is 56.7 Å². The third kappa shape index (κ3) is 3.56. The highest BCUT2D eigenvalue weighted by molar-refractivity contribution is 7.14. The minimum absolute atomic E-state index is 0.00331. The van der Waals surface area contributed by atoms with E-state index in [0.717, 1.165) is 30.6 Å². The van der Waals surface area contributed by atoms with Crippen LogP contribution < -0.4 is 5.32 Å². The van der Waals surface area contributed by atoms with Crippen LogP contribution in [0.4, 0.5) is 0 Å². The number of carbonyl (C=O) groups is 2. The van der Waals surface area contributed by atoms with Gasteiger partial charge in [0.1, 0.15) is 6.26 Å². The van der Waals surface area contributed by atoms with Crippen LogP contribution in [-0.2, 0) is 12.8 Å². The minimum atomic E-state index is 0.00331. The first-order valence-electron chi connectivity index (χ1n) is 9.34. The van der Waals surface area contributed by atoms with Crippen LogP contribution in [0.15, 0.2) is 29.1 Å². The van der Waals surface area contributed by atoms with Gasteiger partial charge in [0.25, 0.3) is 11.8 Å². The Morgan fingerprint density at radius 3 is 2.81 bits per heavy atom. The predicted octanol–water partition coefficient (Wildman–Crippen LogP) is 3.50. The van der Waals surface area contributed by atoms with E-state index in [4.69, 9.17) is 4.42 Å². The highest BCUT2D eigenvalue weighted by Crippen LogP contribution is 2.32. The molecule has 3 heterocycles. The molecule has 4 rings (SSSR count). The van der Waals surface area contributed by atoms with Crippen LogP contribution in [0.3, 0.4) is 0 Å². The fraction of sp³-hybridized carbons (Fsp3) is 0.500. The molecule has 0 bridgehead atoms. The third-order valence-electron chi connectivity index (χ3n) is 5.44. The summed E-state index contributed by atoms with van der Waals surface area (Å²) >= 11 is 1.65. The number of fused-ring (bicyclic) bond motifs is 1. The average molecular weight is 372 g/mol. The van der Waals surface area contributed by atoms with Gasteiger partial charge in [-0.2, -0.15) is 0 Å². The van der Waals surface area contributed by atoms with Gasteiger partial charge in [0.05, 0.1) is 16.7 Å². The van der Waals surface area contributed by atoms with Crippen LogP contribution in [0, 0.1) is 5.92 Å². The van der Waals surface area contributed by atoms with E-state index < -0.39 is 0 Å². The Hall–Kier alpha value is -2.08. The maximum absolute atomic E-state index is 12.6. The Labute approximate surface area is 157 Å². The monoisotopic (exact) mass is 372 g/mol. The lowest BCUT2D eigenvalue weighted by molar-refractivity contribution is 0.0697. The lowest BCUT2D eigenvalue weighted by Gasteiger charge is -2.32. The molecule has 138 valence electrons. The molecule has 2 aromatic rings. The normalized spacial score (nSPS) is 20.7. The molecule has 1 fully saturated rings. The van der Waals surface area contributed by atoms with Crippen LogP contribution in [0.5, 0.6) is 0 Å². The van der Waals surface area contributed by atoms with Gasteiger partial charge in [0.15, 0.2) is 0 Å². The Morgan fingerprint density at radius 2 is 2.08 bits per heavy atom. The molecule has 2 aliphatic rings. The molecule has 1 saturated heterocycles. The zero-order valence-corrected chi connectivity index (χ0v) is 15.8. The molecule has 1 aliphatic heterocycles. The van der Waals surface area contributed by atoms with Crippen molar-refractivity contribution in [2.24, 2.45) is 5.92 Å². The standard InChI is InChI=1S/C20H24N2O3S/c1-13-2-3-17-15(10-13)11-18(26-17)19(23)21-16-4-7-22(8-5-16)20(24)14-6-9-25-12-14/h6,9,11-13,16H,2-5,7-8,10H2,1H3,(H,21,23). The van der Waals surface area contributed by atoms with Gasteiger partial charge in [-0.3, -0.25) is 9.59 Å². The Kier molecular flexibility index (Phi) is 4.85. The number of rotatable bonds is 3. The number of furan rings is 1. The lowest BCUT2D eigenvalue weighted by Crippen LogP contribution is -2.46. The molecule has 0 saturated carbocycles. The molecule has 1 aliphatic carbocycles. The zero-order valence-electron chi connectivity index (χ0n) is 15.0. The van der Waals surface area contributed by atoms with Gasteiger partial charge in [0.2, 0.25) is 0 Å². The number of carbonyl (C=O) groups excluding carboxylic acids is 2. The van der Waals surface area contributed by atoms with Crippen molar-refractivity contribution >= 4 is 23.2 Å². The summed E-state index contributed by atoms with van der Waals surface area (Å²) in [5.74, 6) is 0.755. The van der Waals surface area contributed by atoms with E-state index in [1.165, 1.54) is 29.4 Å². The van der Waals surface area contributed by atoms with Gasteiger partial charge in [-0.05, 0) is 55.7 Å². The highest BCUT2D eigenvalue weighted by atomic mass is 32.1. The molecule has 1 atom stereocenters. The Balaban J connectivity index is 1.32. The van der Waals surface area contributed by atoms with Crippen molar-refractivity contribution in [1.82, 2.24) is 10.2 Å². The smallest absolute Gasteiger partial charge is 0.261 e. The fourth-order valence-corrected chi connectivity index (χ4v) is 4.98. The molecule has 0 radical (unpaired) electrons. The van der Waals surface area contributed by atoms with Gasteiger partial charge in [-0.25, -0.2) is 0 Å². The van der Waals surface area contributed by atoms with Gasteiger partial charge >= 0.3 is 0 Å². The van der Waals surface area contributed by atoms with Gasteiger partial charge in [-0.1, -0.05) is 6.92 Å². The van der Waals surface area contributed by atoms with Crippen molar-refractivity contribution in [2.75, 3.05) is 13.1 Å². The van der Waals surface area contributed by atoms with Gasteiger partial charge < -0.3 is 14.6 Å². The van der Waals surface area contributed by atoms with E-state index >= 15 is 0 Å². The summed E-state index contributed by atoms with van der Waals surface area (Å²) in [5, 5.41) is 3.16. The van der Waals surface area contributed by atoms with Crippen LogP contribution in [0.25, 0.3) is 0 Å². The van der Waals surface area contributed by atoms with E-state index in [9.17, 15) is 9.59 Å². The summed E-state index contributed by atoms with van der Waals surface area (Å²) in [4.78, 5) is 29.0. The first-order valence-corrected chi connectivity index (χ1v) is 10.2. The molecule has 1 unspecified atom stereocenters. The summed E-state index contributed by atoms with van der Waals surface area (Å²) in [6.07, 6.45) is 7.99. The number of nitrogens with one attached hydrogen (secondary N) is 1. The van der Waals surface area contributed by atoms with Crippen molar-refractivity contribution in [1.29, 1.82) is 0 Å². The molecular weight excluding hydrogens is 348 g/mol. The van der Waals surface area contributed by atoms with Gasteiger partial charge in [-0.15, -0.1) is 11.3 Å². The number of hydrogen-bond donors (Lipinski definition) is 1. The summed E-state index contributed by atoms with van der Waals surface area (Å²) in [7, 11) is 0. The van der Waals surface area contributed by atoms with Crippen molar-refractivity contribution in [3.05, 3.63) is 45.5 Å². The van der Waals surface area contributed by atoms with Crippen LogP contribution in [-0.4, -0.2) is 35.8 Å². The average Bonchev–Trinajstić information content (AvgIpc) is 3.31. The largest absolute Gasteiger partial charge is 0.472 e. The summed E-state index contributed by atoms with van der Waals surface area (Å²) in [5.41, 5.74) is 1.95. The minimum Gasteiger partial charge on any atom is -0.472 e. The molecule has 2 amide bonds. The van der Waals surface area contributed by atoms with E-state index in [-0.39, 0.29) is 17.9 Å². The van der Waals surface area contributed by atoms with Crippen molar-refractivity contribution < 1.29 is 14.0 Å². The van der Waals surface area contributed by atoms with E-state index in [1.807, 2.05) is 4.90 Å². The van der Waals surface area contributed by atoms with Crippen molar-refractivity contribution in [3.8, 4) is 0 Å². The molecule has 1 N–H and O–H groups in total. The lowest BCUT2D eigenvalue weighted by atomic mass is 9.90. The molecule has 5 nitrogen and oxygen atoms in total. The quantitative estimate of drug-likeness (QED) is 0.897. The Bertz CT molecular complexity index is 788. The Morgan fingerprint density at radius 1 is 1.27 bits per heavy atom. The fourth-order valence-electron chi connectivity index (χ4n) is 3.87. The topological polar surface area (TPSA) is 62.6 Å².